The number of anilines is 1. The number of carbonyl (C=O) groups excluding carboxylic acids is 1. The van der Waals surface area contributed by atoms with Gasteiger partial charge >= 0.3 is 6.03 Å². The predicted octanol–water partition coefficient (Wildman–Crippen LogP) is 2.26. The van der Waals surface area contributed by atoms with Crippen molar-refractivity contribution in [2.75, 3.05) is 25.0 Å². The number of rotatable bonds is 4. The molecule has 1 aromatic carbocycles. The Labute approximate surface area is 130 Å². The molecule has 22 heavy (non-hydrogen) atoms. The summed E-state index contributed by atoms with van der Waals surface area (Å²) in [6, 6.07) is 12.0. The zero-order valence-electron chi connectivity index (χ0n) is 12.5. The Balaban J connectivity index is 1.41. The van der Waals surface area contributed by atoms with Crippen LogP contribution in [0.15, 0.2) is 48.8 Å². The first kappa shape index (κ1) is 14.5. The Kier molecular flexibility index (Phi) is 4.65. The van der Waals surface area contributed by atoms with Gasteiger partial charge < -0.3 is 10.6 Å². The van der Waals surface area contributed by atoms with Gasteiger partial charge in [0.2, 0.25) is 0 Å². The highest BCUT2D eigenvalue weighted by Gasteiger charge is 2.15. The van der Waals surface area contributed by atoms with E-state index in [1.165, 1.54) is 11.1 Å². The zero-order chi connectivity index (χ0) is 15.2. The highest BCUT2D eigenvalue weighted by molar-refractivity contribution is 5.88. The average Bonchev–Trinajstić information content (AvgIpc) is 2.55. The molecule has 3 rings (SSSR count). The summed E-state index contributed by atoms with van der Waals surface area (Å²) in [7, 11) is 0. The van der Waals surface area contributed by atoms with Crippen LogP contribution in [0.2, 0.25) is 0 Å². The lowest BCUT2D eigenvalue weighted by Crippen LogP contribution is -2.39. The van der Waals surface area contributed by atoms with E-state index in [4.69, 9.17) is 0 Å². The van der Waals surface area contributed by atoms with Crippen molar-refractivity contribution in [1.82, 2.24) is 15.2 Å². The van der Waals surface area contributed by atoms with Gasteiger partial charge in [0.25, 0.3) is 0 Å². The number of urea groups is 1. The molecule has 1 aliphatic heterocycles. The fourth-order valence-electron chi connectivity index (χ4n) is 2.68. The van der Waals surface area contributed by atoms with Crippen LogP contribution in [0, 0.1) is 0 Å². The van der Waals surface area contributed by atoms with E-state index in [1.807, 2.05) is 6.07 Å². The Morgan fingerprint density at radius 2 is 2.05 bits per heavy atom. The maximum Gasteiger partial charge on any atom is 0.319 e. The van der Waals surface area contributed by atoms with Crippen molar-refractivity contribution < 1.29 is 4.79 Å². The molecule has 0 aliphatic carbocycles. The minimum absolute atomic E-state index is 0.189. The maximum atomic E-state index is 11.8. The highest BCUT2D eigenvalue weighted by atomic mass is 16.2. The van der Waals surface area contributed by atoms with Crippen molar-refractivity contribution in [2.24, 2.45) is 0 Å². The molecule has 2 N–H and O–H groups in total. The summed E-state index contributed by atoms with van der Waals surface area (Å²) in [5.74, 6) is 0. The van der Waals surface area contributed by atoms with Gasteiger partial charge in [0, 0.05) is 32.4 Å². The largest absolute Gasteiger partial charge is 0.337 e. The zero-order valence-corrected chi connectivity index (χ0v) is 12.5. The molecule has 0 atom stereocenters. The van der Waals surface area contributed by atoms with Crippen molar-refractivity contribution in [1.29, 1.82) is 0 Å². The van der Waals surface area contributed by atoms with Gasteiger partial charge in [-0.2, -0.15) is 0 Å². The quantitative estimate of drug-likeness (QED) is 0.910. The molecule has 1 aromatic heterocycles. The van der Waals surface area contributed by atoms with Gasteiger partial charge in [-0.3, -0.25) is 9.88 Å². The summed E-state index contributed by atoms with van der Waals surface area (Å²) in [6.07, 6.45) is 4.39. The van der Waals surface area contributed by atoms with E-state index in [1.54, 1.807) is 18.5 Å². The number of aromatic nitrogens is 1. The van der Waals surface area contributed by atoms with E-state index in [2.05, 4.69) is 44.8 Å². The number of pyridine rings is 1. The van der Waals surface area contributed by atoms with Crippen LogP contribution >= 0.6 is 0 Å². The van der Waals surface area contributed by atoms with Crippen molar-refractivity contribution >= 4 is 11.7 Å². The van der Waals surface area contributed by atoms with Gasteiger partial charge in [-0.05, 0) is 29.7 Å². The van der Waals surface area contributed by atoms with Crippen molar-refractivity contribution in [2.45, 2.75) is 13.0 Å². The first-order chi connectivity index (χ1) is 10.8. The third kappa shape index (κ3) is 3.83. The molecule has 2 amide bonds. The van der Waals surface area contributed by atoms with Crippen molar-refractivity contribution in [3.63, 3.8) is 0 Å². The Morgan fingerprint density at radius 3 is 2.86 bits per heavy atom. The molecule has 114 valence electrons. The molecule has 2 aromatic rings. The number of benzene rings is 1. The third-order valence-corrected chi connectivity index (χ3v) is 3.84. The van der Waals surface area contributed by atoms with Crippen LogP contribution in [0.5, 0.6) is 0 Å². The molecular weight excluding hydrogens is 276 g/mol. The van der Waals surface area contributed by atoms with Crippen molar-refractivity contribution in [3.05, 3.63) is 59.9 Å². The molecule has 0 spiro atoms. The van der Waals surface area contributed by atoms with Crippen LogP contribution in [0.25, 0.3) is 0 Å². The number of hydrogen-bond acceptors (Lipinski definition) is 3. The van der Waals surface area contributed by atoms with E-state index in [9.17, 15) is 4.79 Å². The first-order valence-electron chi connectivity index (χ1n) is 7.55. The predicted molar refractivity (Wildman–Crippen MR) is 86.7 cm³/mol. The Bertz CT molecular complexity index is 630. The second kappa shape index (κ2) is 7.04. The molecule has 0 unspecified atom stereocenters. The fourth-order valence-corrected chi connectivity index (χ4v) is 2.68. The van der Waals surface area contributed by atoms with Crippen LogP contribution in [-0.4, -0.2) is 35.5 Å². The summed E-state index contributed by atoms with van der Waals surface area (Å²) >= 11 is 0. The summed E-state index contributed by atoms with van der Waals surface area (Å²) in [4.78, 5) is 18.1. The number of nitrogens with zero attached hydrogens (tertiary/aromatic N) is 2. The van der Waals surface area contributed by atoms with E-state index in [-0.39, 0.29) is 6.03 Å². The van der Waals surface area contributed by atoms with Gasteiger partial charge in [-0.25, -0.2) is 4.79 Å². The molecule has 0 radical (unpaired) electrons. The summed E-state index contributed by atoms with van der Waals surface area (Å²) < 4.78 is 0. The first-order valence-corrected chi connectivity index (χ1v) is 7.55. The lowest BCUT2D eigenvalue weighted by molar-refractivity contribution is 0.239. The standard InChI is InChI=1S/C17H20N4O/c22-17(20-16-6-3-8-18-12-16)19-9-11-21-10-7-14-4-1-2-5-15(14)13-21/h1-6,8,12H,7,9-11,13H2,(H2,19,20,22). The SMILES string of the molecule is O=C(NCCN1CCc2ccccc2C1)Nc1cccnc1. The maximum absolute atomic E-state index is 11.8. The average molecular weight is 296 g/mol. The van der Waals surface area contributed by atoms with Gasteiger partial charge in [0.15, 0.2) is 0 Å². The van der Waals surface area contributed by atoms with E-state index < -0.39 is 0 Å². The smallest absolute Gasteiger partial charge is 0.319 e. The van der Waals surface area contributed by atoms with Crippen molar-refractivity contribution in [3.8, 4) is 0 Å². The monoisotopic (exact) mass is 296 g/mol. The number of fused-ring (bicyclic) bond motifs is 1. The van der Waals surface area contributed by atoms with Crippen LogP contribution in [0.4, 0.5) is 10.5 Å². The summed E-state index contributed by atoms with van der Waals surface area (Å²) in [5.41, 5.74) is 3.54. The molecular formula is C17H20N4O. The molecule has 0 saturated heterocycles. The summed E-state index contributed by atoms with van der Waals surface area (Å²) in [5, 5.41) is 5.65. The van der Waals surface area contributed by atoms with Gasteiger partial charge in [-0.15, -0.1) is 0 Å². The Hall–Kier alpha value is -2.40. The van der Waals surface area contributed by atoms with Gasteiger partial charge in [0.1, 0.15) is 0 Å². The number of hydrogen-bond donors (Lipinski definition) is 2. The van der Waals surface area contributed by atoms with Gasteiger partial charge in [-0.1, -0.05) is 24.3 Å². The molecule has 0 bridgehead atoms. The van der Waals surface area contributed by atoms with Crippen LogP contribution in [-0.2, 0) is 13.0 Å². The van der Waals surface area contributed by atoms with E-state index in [0.29, 0.717) is 12.2 Å². The Morgan fingerprint density at radius 1 is 1.18 bits per heavy atom. The summed E-state index contributed by atoms with van der Waals surface area (Å²) in [6.45, 7) is 3.49. The lowest BCUT2D eigenvalue weighted by Gasteiger charge is -2.28. The number of nitrogens with one attached hydrogen (secondary N) is 2. The molecule has 2 heterocycles. The second-order valence-electron chi connectivity index (χ2n) is 5.42. The number of carbonyl (C=O) groups is 1. The normalized spacial score (nSPS) is 14.2. The third-order valence-electron chi connectivity index (χ3n) is 3.84. The van der Waals surface area contributed by atoms with E-state index >= 15 is 0 Å². The molecule has 0 saturated carbocycles. The second-order valence-corrected chi connectivity index (χ2v) is 5.42. The highest BCUT2D eigenvalue weighted by Crippen LogP contribution is 2.17. The topological polar surface area (TPSA) is 57.3 Å². The minimum atomic E-state index is -0.189. The lowest BCUT2D eigenvalue weighted by atomic mass is 10.00. The molecule has 5 nitrogen and oxygen atoms in total. The number of amides is 2. The van der Waals surface area contributed by atoms with Crippen LogP contribution < -0.4 is 10.6 Å². The molecule has 5 heteroatoms. The van der Waals surface area contributed by atoms with Crippen LogP contribution in [0.3, 0.4) is 0 Å². The van der Waals surface area contributed by atoms with Gasteiger partial charge in [0.05, 0.1) is 11.9 Å². The van der Waals surface area contributed by atoms with Crippen LogP contribution in [0.1, 0.15) is 11.1 Å². The minimum Gasteiger partial charge on any atom is -0.337 e. The molecule has 0 fully saturated rings. The van der Waals surface area contributed by atoms with E-state index in [0.717, 1.165) is 26.1 Å². The fraction of sp³-hybridized carbons (Fsp3) is 0.294. The molecule has 1 aliphatic rings.